The molecule has 0 radical (unpaired) electrons. The third-order valence-corrected chi connectivity index (χ3v) is 8.32. The van der Waals surface area contributed by atoms with Crippen LogP contribution in [0.3, 0.4) is 0 Å². The second kappa shape index (κ2) is 14.6. The van der Waals surface area contributed by atoms with E-state index in [2.05, 4.69) is 33.0 Å². The highest BCUT2D eigenvalue weighted by molar-refractivity contribution is 6.40. The number of nitrogens with one attached hydrogen (secondary N) is 3. The summed E-state index contributed by atoms with van der Waals surface area (Å²) in [5.41, 5.74) is 3.72. The van der Waals surface area contributed by atoms with E-state index >= 15 is 0 Å². The van der Waals surface area contributed by atoms with Crippen LogP contribution in [0.5, 0.6) is 0 Å². The molecule has 0 bridgehead atoms. The zero-order chi connectivity index (χ0) is 30.2. The summed E-state index contributed by atoms with van der Waals surface area (Å²) in [7, 11) is 0. The molecule has 2 heterocycles. The van der Waals surface area contributed by atoms with Crippen LogP contribution in [0.1, 0.15) is 28.8 Å². The van der Waals surface area contributed by atoms with Gasteiger partial charge in [0, 0.05) is 75.7 Å². The minimum atomic E-state index is -0.296. The Hall–Kier alpha value is -3.79. The number of nitrogens with zero attached hydrogens (tertiary/aromatic N) is 3. The normalized spacial score (nSPS) is 15.3. The van der Waals surface area contributed by atoms with Gasteiger partial charge in [-0.15, -0.1) is 0 Å². The standard InChI is InChI=1S/C32H36Cl2N6O3/c33-27-21-24(31(42)39-15-13-35-14-16-39)22-28(34)30(27)37-32(43)40-19-17-38(18-20-40)26-11-9-25(10-12-26)36-29(41)8-4-7-23-5-2-1-3-6-23/h1-3,5-6,9-12,21-22,35H,4,7-8,13-20H2,(H,36,41)(H,37,43). The first-order valence-corrected chi connectivity index (χ1v) is 15.4. The first-order chi connectivity index (χ1) is 20.9. The molecule has 43 heavy (non-hydrogen) atoms. The molecule has 2 aliphatic heterocycles. The highest BCUT2D eigenvalue weighted by Crippen LogP contribution is 2.33. The van der Waals surface area contributed by atoms with Gasteiger partial charge in [-0.25, -0.2) is 4.79 Å². The van der Waals surface area contributed by atoms with Gasteiger partial charge in [-0.1, -0.05) is 53.5 Å². The summed E-state index contributed by atoms with van der Waals surface area (Å²) >= 11 is 12.9. The number of hydrogen-bond acceptors (Lipinski definition) is 5. The maximum absolute atomic E-state index is 13.0. The Kier molecular flexibility index (Phi) is 10.4. The number of halogens is 2. The first kappa shape index (κ1) is 30.7. The number of amides is 4. The van der Waals surface area contributed by atoms with Gasteiger partial charge in [-0.05, 0) is 54.8 Å². The van der Waals surface area contributed by atoms with Crippen molar-refractivity contribution >= 4 is 58.1 Å². The van der Waals surface area contributed by atoms with Gasteiger partial charge in [0.1, 0.15) is 0 Å². The molecule has 9 nitrogen and oxygen atoms in total. The van der Waals surface area contributed by atoms with Crippen LogP contribution in [-0.2, 0) is 11.2 Å². The van der Waals surface area contributed by atoms with Crippen LogP contribution in [0.4, 0.5) is 21.9 Å². The van der Waals surface area contributed by atoms with Crippen LogP contribution in [-0.4, -0.2) is 80.0 Å². The lowest BCUT2D eigenvalue weighted by Gasteiger charge is -2.36. The molecule has 0 saturated carbocycles. The van der Waals surface area contributed by atoms with Crippen LogP contribution in [0.15, 0.2) is 66.7 Å². The van der Waals surface area contributed by atoms with E-state index < -0.39 is 0 Å². The van der Waals surface area contributed by atoms with Crippen molar-refractivity contribution in [3.63, 3.8) is 0 Å². The van der Waals surface area contributed by atoms with Gasteiger partial charge in [0.2, 0.25) is 5.91 Å². The Labute approximate surface area is 262 Å². The van der Waals surface area contributed by atoms with E-state index in [0.717, 1.165) is 37.3 Å². The largest absolute Gasteiger partial charge is 0.368 e. The van der Waals surface area contributed by atoms with Crippen LogP contribution < -0.4 is 20.9 Å². The molecule has 2 saturated heterocycles. The lowest BCUT2D eigenvalue weighted by atomic mass is 10.1. The maximum Gasteiger partial charge on any atom is 0.322 e. The summed E-state index contributed by atoms with van der Waals surface area (Å²) in [5, 5.41) is 9.47. The molecule has 226 valence electrons. The number of aryl methyl sites for hydroxylation is 1. The predicted octanol–water partition coefficient (Wildman–Crippen LogP) is 5.35. The maximum atomic E-state index is 13.0. The number of hydrogen-bond donors (Lipinski definition) is 3. The molecule has 2 aliphatic rings. The number of anilines is 3. The van der Waals surface area contributed by atoms with Crippen molar-refractivity contribution in [2.45, 2.75) is 19.3 Å². The van der Waals surface area contributed by atoms with Crippen molar-refractivity contribution < 1.29 is 14.4 Å². The fraction of sp³-hybridized carbons (Fsp3) is 0.344. The van der Waals surface area contributed by atoms with Crippen LogP contribution in [0.25, 0.3) is 0 Å². The second-order valence-electron chi connectivity index (χ2n) is 10.7. The summed E-state index contributed by atoms with van der Waals surface area (Å²) in [4.78, 5) is 43.9. The molecule has 0 atom stereocenters. The molecule has 4 amide bonds. The topological polar surface area (TPSA) is 97.0 Å². The van der Waals surface area contributed by atoms with E-state index in [-0.39, 0.29) is 27.9 Å². The van der Waals surface area contributed by atoms with E-state index in [1.165, 1.54) is 5.56 Å². The summed E-state index contributed by atoms with van der Waals surface area (Å²) in [5.74, 6) is -0.127. The molecule has 3 N–H and O–H groups in total. The minimum absolute atomic E-state index is 0.00399. The Morgan fingerprint density at radius 2 is 1.42 bits per heavy atom. The third-order valence-electron chi connectivity index (χ3n) is 7.72. The SMILES string of the molecule is O=C(CCCc1ccccc1)Nc1ccc(N2CCN(C(=O)Nc3c(Cl)cc(C(=O)N4CCNCC4)cc3Cl)CC2)cc1. The van der Waals surface area contributed by atoms with Gasteiger partial charge < -0.3 is 30.7 Å². The molecule has 11 heteroatoms. The Balaban J connectivity index is 1.08. The summed E-state index contributed by atoms with van der Waals surface area (Å²) < 4.78 is 0. The Bertz CT molecular complexity index is 1400. The van der Waals surface area contributed by atoms with Crippen LogP contribution in [0.2, 0.25) is 10.0 Å². The van der Waals surface area contributed by atoms with E-state index in [1.54, 1.807) is 21.9 Å². The van der Waals surface area contributed by atoms with Crippen LogP contribution >= 0.6 is 23.2 Å². The number of piperazine rings is 2. The lowest BCUT2D eigenvalue weighted by Crippen LogP contribution is -2.50. The molecule has 3 aromatic rings. The zero-order valence-electron chi connectivity index (χ0n) is 24.0. The highest BCUT2D eigenvalue weighted by Gasteiger charge is 2.24. The number of carbonyl (C=O) groups excluding carboxylic acids is 3. The highest BCUT2D eigenvalue weighted by atomic mass is 35.5. The van der Waals surface area contributed by atoms with Gasteiger partial charge in [0.25, 0.3) is 5.91 Å². The van der Waals surface area contributed by atoms with E-state index in [4.69, 9.17) is 23.2 Å². The number of rotatable bonds is 8. The summed E-state index contributed by atoms with van der Waals surface area (Å²) in [6.07, 6.45) is 2.14. The molecular weight excluding hydrogens is 587 g/mol. The quantitative estimate of drug-likeness (QED) is 0.314. The van der Waals surface area contributed by atoms with Gasteiger partial charge in [-0.2, -0.15) is 0 Å². The van der Waals surface area contributed by atoms with Crippen LogP contribution in [0, 0.1) is 0 Å². The molecule has 0 aromatic heterocycles. The molecule has 0 spiro atoms. The third kappa shape index (κ3) is 8.19. The average Bonchev–Trinajstić information content (AvgIpc) is 3.03. The first-order valence-electron chi connectivity index (χ1n) is 14.6. The van der Waals surface area contributed by atoms with E-state index in [1.807, 2.05) is 42.5 Å². The minimum Gasteiger partial charge on any atom is -0.368 e. The van der Waals surface area contributed by atoms with Crippen molar-refractivity contribution in [3.05, 3.63) is 87.9 Å². The van der Waals surface area contributed by atoms with Gasteiger partial charge in [0.05, 0.1) is 15.7 Å². The molecule has 0 aliphatic carbocycles. The lowest BCUT2D eigenvalue weighted by molar-refractivity contribution is -0.116. The second-order valence-corrected chi connectivity index (χ2v) is 11.5. The number of urea groups is 1. The fourth-order valence-electron chi connectivity index (χ4n) is 5.30. The van der Waals surface area contributed by atoms with Crippen molar-refractivity contribution in [2.75, 3.05) is 67.9 Å². The molecule has 0 unspecified atom stereocenters. The monoisotopic (exact) mass is 622 g/mol. The van der Waals surface area contributed by atoms with E-state index in [0.29, 0.717) is 56.9 Å². The van der Waals surface area contributed by atoms with Crippen molar-refractivity contribution in [1.29, 1.82) is 0 Å². The van der Waals surface area contributed by atoms with Gasteiger partial charge >= 0.3 is 6.03 Å². The summed E-state index contributed by atoms with van der Waals surface area (Å²) in [6.45, 7) is 5.06. The fourth-order valence-corrected chi connectivity index (χ4v) is 5.88. The molecular formula is C32H36Cl2N6O3. The number of benzene rings is 3. The molecule has 5 rings (SSSR count). The van der Waals surface area contributed by atoms with E-state index in [9.17, 15) is 14.4 Å². The Morgan fingerprint density at radius 1 is 0.767 bits per heavy atom. The zero-order valence-corrected chi connectivity index (χ0v) is 25.5. The Morgan fingerprint density at radius 3 is 2.07 bits per heavy atom. The molecule has 3 aromatic carbocycles. The van der Waals surface area contributed by atoms with Crippen molar-refractivity contribution in [2.24, 2.45) is 0 Å². The van der Waals surface area contributed by atoms with Gasteiger partial charge in [-0.3, -0.25) is 9.59 Å². The van der Waals surface area contributed by atoms with Crippen molar-refractivity contribution in [1.82, 2.24) is 15.1 Å². The average molecular weight is 624 g/mol. The molecule has 2 fully saturated rings. The summed E-state index contributed by atoms with van der Waals surface area (Å²) in [6, 6.07) is 20.8. The van der Waals surface area contributed by atoms with Gasteiger partial charge in [0.15, 0.2) is 0 Å². The van der Waals surface area contributed by atoms with Crippen molar-refractivity contribution in [3.8, 4) is 0 Å². The number of carbonyl (C=O) groups is 3. The smallest absolute Gasteiger partial charge is 0.322 e. The predicted molar refractivity (Wildman–Crippen MR) is 172 cm³/mol.